The van der Waals surface area contributed by atoms with Gasteiger partial charge < -0.3 is 15.5 Å². The van der Waals surface area contributed by atoms with Crippen molar-refractivity contribution in [2.24, 2.45) is 0 Å². The Bertz CT molecular complexity index is 213. The molecule has 2 atom stereocenters. The van der Waals surface area contributed by atoms with Crippen LogP contribution >= 0.6 is 0 Å². The Morgan fingerprint density at radius 3 is 1.84 bits per heavy atom. The van der Waals surface area contributed by atoms with Crippen molar-refractivity contribution in [3.8, 4) is 0 Å². The first-order chi connectivity index (χ1) is 9.15. The van der Waals surface area contributed by atoms with Gasteiger partial charge in [0.2, 0.25) is 5.91 Å². The maximum absolute atomic E-state index is 12.5. The summed E-state index contributed by atoms with van der Waals surface area (Å²) in [5.41, 5.74) is 0. The lowest BCUT2D eigenvalue weighted by atomic mass is 10.1. The highest BCUT2D eigenvalue weighted by molar-refractivity contribution is 5.76. The van der Waals surface area contributed by atoms with E-state index in [1.54, 1.807) is 0 Å². The topological polar surface area (TPSA) is 44.4 Å². The van der Waals surface area contributed by atoms with E-state index in [9.17, 15) is 4.79 Å². The minimum absolute atomic E-state index is 0.121. The fourth-order valence-electron chi connectivity index (χ4n) is 2.48. The average molecular weight is 271 g/mol. The summed E-state index contributed by atoms with van der Waals surface area (Å²) in [5.74, 6) is 0.263. The molecule has 0 aromatic heterocycles. The van der Waals surface area contributed by atoms with Crippen LogP contribution < -0.4 is 10.6 Å². The minimum atomic E-state index is 0.121. The summed E-state index contributed by atoms with van der Waals surface area (Å²) in [6.07, 6.45) is 7.35. The number of nitrogens with one attached hydrogen (secondary N) is 2. The van der Waals surface area contributed by atoms with Gasteiger partial charge in [0.25, 0.3) is 0 Å². The van der Waals surface area contributed by atoms with Crippen molar-refractivity contribution < 1.29 is 4.79 Å². The molecule has 1 amide bonds. The molecule has 0 radical (unpaired) electrons. The Kier molecular flexibility index (Phi) is 10.9. The van der Waals surface area contributed by atoms with E-state index in [2.05, 4.69) is 31.4 Å². The van der Waals surface area contributed by atoms with Crippen molar-refractivity contribution in [2.45, 2.75) is 78.0 Å². The monoisotopic (exact) mass is 271 g/mol. The predicted molar refractivity (Wildman–Crippen MR) is 81.9 cm³/mol. The van der Waals surface area contributed by atoms with Crippen molar-refractivity contribution >= 4 is 5.91 Å². The summed E-state index contributed by atoms with van der Waals surface area (Å²) in [5, 5.41) is 6.50. The molecular weight excluding hydrogens is 238 g/mol. The maximum atomic E-state index is 12.5. The molecular formula is C15H33N3O. The molecule has 0 fully saturated rings. The highest BCUT2D eigenvalue weighted by atomic mass is 16.2. The maximum Gasteiger partial charge on any atom is 0.225 e. The van der Waals surface area contributed by atoms with Gasteiger partial charge >= 0.3 is 0 Å². The number of amides is 1. The van der Waals surface area contributed by atoms with E-state index in [1.807, 2.05) is 19.0 Å². The first-order valence-corrected chi connectivity index (χ1v) is 7.81. The first-order valence-electron chi connectivity index (χ1n) is 7.81. The number of hydrogen-bond acceptors (Lipinski definition) is 3. The van der Waals surface area contributed by atoms with E-state index < -0.39 is 0 Å². The lowest BCUT2D eigenvalue weighted by Gasteiger charge is -2.37. The van der Waals surface area contributed by atoms with Gasteiger partial charge in [0.1, 0.15) is 0 Å². The van der Waals surface area contributed by atoms with Crippen LogP contribution in [-0.4, -0.2) is 37.2 Å². The Hall–Kier alpha value is -0.610. The van der Waals surface area contributed by atoms with E-state index in [1.165, 1.54) is 12.8 Å². The second-order valence-electron chi connectivity index (χ2n) is 5.04. The van der Waals surface area contributed by atoms with E-state index in [0.717, 1.165) is 25.7 Å². The quantitative estimate of drug-likeness (QED) is 0.448. The van der Waals surface area contributed by atoms with Crippen molar-refractivity contribution in [3.63, 3.8) is 0 Å². The molecule has 2 unspecified atom stereocenters. The van der Waals surface area contributed by atoms with Crippen molar-refractivity contribution in [1.82, 2.24) is 15.5 Å². The van der Waals surface area contributed by atoms with Gasteiger partial charge in [0.05, 0.1) is 12.3 Å². The fraction of sp³-hybridized carbons (Fsp3) is 0.933. The van der Waals surface area contributed by atoms with E-state index in [0.29, 0.717) is 6.42 Å². The Balaban J connectivity index is 4.58. The number of hydrogen-bond donors (Lipinski definition) is 2. The van der Waals surface area contributed by atoms with Crippen LogP contribution in [-0.2, 0) is 4.79 Å². The average Bonchev–Trinajstić information content (AvgIpc) is 2.44. The normalized spacial score (nSPS) is 14.2. The molecule has 0 aliphatic rings. The van der Waals surface area contributed by atoms with Crippen molar-refractivity contribution in [1.29, 1.82) is 0 Å². The van der Waals surface area contributed by atoms with Crippen molar-refractivity contribution in [3.05, 3.63) is 0 Å². The highest BCUT2D eigenvalue weighted by Gasteiger charge is 2.26. The van der Waals surface area contributed by atoms with Gasteiger partial charge in [0.15, 0.2) is 0 Å². The lowest BCUT2D eigenvalue weighted by molar-refractivity contribution is -0.138. The largest absolute Gasteiger partial charge is 0.312 e. The molecule has 0 heterocycles. The molecule has 0 aromatic carbocycles. The third-order valence-corrected chi connectivity index (χ3v) is 3.64. The van der Waals surface area contributed by atoms with Crippen LogP contribution in [0.5, 0.6) is 0 Å². The lowest BCUT2D eigenvalue weighted by Crippen LogP contribution is -2.56. The summed E-state index contributed by atoms with van der Waals surface area (Å²) in [7, 11) is 3.85. The Morgan fingerprint density at radius 1 is 0.947 bits per heavy atom. The standard InChI is InChI=1S/C15H33N3O/c1-6-9-10-11-12-15(19)18(13(7-2)16-4)14(8-3)17-5/h13-14,16-17H,6-12H2,1-5H3. The zero-order valence-electron chi connectivity index (χ0n) is 13.5. The van der Waals surface area contributed by atoms with Gasteiger partial charge in [0, 0.05) is 6.42 Å². The van der Waals surface area contributed by atoms with Crippen LogP contribution in [0.4, 0.5) is 0 Å². The number of unbranched alkanes of at least 4 members (excludes halogenated alkanes) is 3. The third-order valence-electron chi connectivity index (χ3n) is 3.64. The SMILES string of the molecule is CCCCCCC(=O)N(C(CC)NC)C(CC)NC. The number of nitrogens with zero attached hydrogens (tertiary/aromatic N) is 1. The van der Waals surface area contributed by atoms with Gasteiger partial charge in [-0.05, 0) is 33.4 Å². The summed E-state index contributed by atoms with van der Waals surface area (Å²) < 4.78 is 0. The smallest absolute Gasteiger partial charge is 0.225 e. The van der Waals surface area contributed by atoms with Crippen LogP contribution in [0.3, 0.4) is 0 Å². The van der Waals surface area contributed by atoms with Gasteiger partial charge in [-0.1, -0.05) is 40.0 Å². The summed E-state index contributed by atoms with van der Waals surface area (Å²) in [4.78, 5) is 14.5. The zero-order valence-corrected chi connectivity index (χ0v) is 13.5. The van der Waals surface area contributed by atoms with Gasteiger partial charge in [-0.2, -0.15) is 0 Å². The van der Waals surface area contributed by atoms with Crippen LogP contribution in [0.2, 0.25) is 0 Å². The molecule has 0 bridgehead atoms. The summed E-state index contributed by atoms with van der Waals surface area (Å²) in [6, 6.07) is 0. The van der Waals surface area contributed by atoms with Gasteiger partial charge in [-0.25, -0.2) is 0 Å². The molecule has 0 aromatic rings. The molecule has 0 spiro atoms. The van der Waals surface area contributed by atoms with Gasteiger partial charge in [-0.3, -0.25) is 4.79 Å². The second kappa shape index (κ2) is 11.2. The van der Waals surface area contributed by atoms with Gasteiger partial charge in [-0.15, -0.1) is 0 Å². The fourth-order valence-corrected chi connectivity index (χ4v) is 2.48. The van der Waals surface area contributed by atoms with E-state index in [-0.39, 0.29) is 18.2 Å². The van der Waals surface area contributed by atoms with E-state index >= 15 is 0 Å². The van der Waals surface area contributed by atoms with Crippen LogP contribution in [0.25, 0.3) is 0 Å². The van der Waals surface area contributed by atoms with Crippen LogP contribution in [0.15, 0.2) is 0 Å². The molecule has 0 saturated heterocycles. The second-order valence-corrected chi connectivity index (χ2v) is 5.04. The first kappa shape index (κ1) is 18.4. The molecule has 0 rings (SSSR count). The summed E-state index contributed by atoms with van der Waals surface area (Å²) >= 11 is 0. The molecule has 114 valence electrons. The molecule has 4 heteroatoms. The summed E-state index contributed by atoms with van der Waals surface area (Å²) in [6.45, 7) is 6.41. The molecule has 0 saturated carbocycles. The minimum Gasteiger partial charge on any atom is -0.312 e. The van der Waals surface area contributed by atoms with E-state index in [4.69, 9.17) is 0 Å². The van der Waals surface area contributed by atoms with Crippen LogP contribution in [0.1, 0.15) is 65.7 Å². The third kappa shape index (κ3) is 6.39. The van der Waals surface area contributed by atoms with Crippen molar-refractivity contribution in [2.75, 3.05) is 14.1 Å². The molecule has 19 heavy (non-hydrogen) atoms. The molecule has 2 N–H and O–H groups in total. The van der Waals surface area contributed by atoms with Crippen LogP contribution in [0, 0.1) is 0 Å². The predicted octanol–water partition coefficient (Wildman–Crippen LogP) is 2.70. The Morgan fingerprint density at radius 2 is 1.47 bits per heavy atom. The molecule has 0 aliphatic carbocycles. The number of carbonyl (C=O) groups is 1. The molecule has 0 aliphatic heterocycles. The highest BCUT2D eigenvalue weighted by Crippen LogP contribution is 2.13. The number of rotatable bonds is 11. The Labute approximate surface area is 119 Å². The molecule has 4 nitrogen and oxygen atoms in total. The number of carbonyl (C=O) groups excluding carboxylic acids is 1. The zero-order chi connectivity index (χ0) is 14.7.